The molecule has 0 spiro atoms. The number of carbonyl (C=O) groups is 3. The summed E-state index contributed by atoms with van der Waals surface area (Å²) in [4.78, 5) is 41.3. The molecule has 1 saturated heterocycles. The van der Waals surface area contributed by atoms with Gasteiger partial charge in [0.15, 0.2) is 0 Å². The van der Waals surface area contributed by atoms with Crippen LogP contribution in [0, 0.1) is 17.8 Å². The van der Waals surface area contributed by atoms with Gasteiger partial charge in [0, 0.05) is 11.1 Å². The highest BCUT2D eigenvalue weighted by Crippen LogP contribution is 2.69. The van der Waals surface area contributed by atoms with E-state index in [2.05, 4.69) is 5.32 Å². The van der Waals surface area contributed by atoms with E-state index in [-0.39, 0.29) is 5.92 Å². The topological polar surface area (TPSA) is 66.5 Å². The Labute approximate surface area is 242 Å². The van der Waals surface area contributed by atoms with Crippen molar-refractivity contribution in [2.75, 3.05) is 5.32 Å². The third-order valence-corrected chi connectivity index (χ3v) is 10.1. The molecule has 0 unspecified atom stereocenters. The van der Waals surface area contributed by atoms with Gasteiger partial charge in [-0.15, -0.1) is 23.2 Å². The first-order valence-corrected chi connectivity index (χ1v) is 14.2. The van der Waals surface area contributed by atoms with Gasteiger partial charge in [0.25, 0.3) is 0 Å². The van der Waals surface area contributed by atoms with E-state index < -0.39 is 45.3 Å². The van der Waals surface area contributed by atoms with Crippen molar-refractivity contribution in [3.05, 3.63) is 113 Å². The van der Waals surface area contributed by atoms with Crippen LogP contribution in [0.15, 0.2) is 91.0 Å². The van der Waals surface area contributed by atoms with Crippen LogP contribution >= 0.6 is 23.2 Å². The average Bonchev–Trinajstić information content (AvgIpc) is 3.23. The van der Waals surface area contributed by atoms with Crippen molar-refractivity contribution in [2.24, 2.45) is 17.8 Å². The third-order valence-electron chi connectivity index (χ3n) is 8.85. The number of imide groups is 1. The first kappa shape index (κ1) is 25.3. The molecule has 1 fully saturated rings. The fourth-order valence-corrected chi connectivity index (χ4v) is 8.32. The van der Waals surface area contributed by atoms with Crippen LogP contribution in [0.4, 0.5) is 5.69 Å². The Morgan fingerprint density at radius 1 is 0.725 bits per heavy atom. The van der Waals surface area contributed by atoms with Crippen LogP contribution in [0.3, 0.4) is 0 Å². The molecule has 4 aromatic carbocycles. The lowest BCUT2D eigenvalue weighted by molar-refractivity contribution is -0.148. The summed E-state index contributed by atoms with van der Waals surface area (Å²) in [5.74, 6) is -3.62. The molecule has 0 aromatic heterocycles. The lowest BCUT2D eigenvalue weighted by Gasteiger charge is -2.54. The molecule has 0 radical (unpaired) electrons. The molecule has 3 atom stereocenters. The highest BCUT2D eigenvalue weighted by Gasteiger charge is 2.73. The molecule has 1 heterocycles. The van der Waals surface area contributed by atoms with E-state index in [0.29, 0.717) is 5.69 Å². The Bertz CT molecular complexity index is 1620. The van der Waals surface area contributed by atoms with Crippen LogP contribution in [-0.4, -0.2) is 28.7 Å². The van der Waals surface area contributed by atoms with Crippen LogP contribution in [0.1, 0.15) is 36.1 Å². The summed E-state index contributed by atoms with van der Waals surface area (Å²) in [6.07, 6.45) is 0. The minimum Gasteiger partial charge on any atom is -0.324 e. The molecular formula is C33H26Cl2N2O3. The summed E-state index contributed by atoms with van der Waals surface area (Å²) < 4.78 is 0. The SMILES string of the molecule is CC(C)[C@@H](C(=O)Nc1cccc2ccccc12)N1C(=O)[C@@H]2[C@@H](C1=O)C1(Cl)c3ccccc3C2(Cl)c2ccccc21. The van der Waals surface area contributed by atoms with E-state index >= 15 is 0 Å². The molecule has 1 aliphatic heterocycles. The quantitative estimate of drug-likeness (QED) is 0.229. The largest absolute Gasteiger partial charge is 0.324 e. The van der Waals surface area contributed by atoms with Gasteiger partial charge in [-0.25, -0.2) is 0 Å². The van der Waals surface area contributed by atoms with E-state index in [9.17, 15) is 14.4 Å². The van der Waals surface area contributed by atoms with Crippen molar-refractivity contribution in [1.82, 2.24) is 4.90 Å². The molecule has 5 nitrogen and oxygen atoms in total. The normalized spacial score (nSPS) is 27.0. The number of benzene rings is 4. The van der Waals surface area contributed by atoms with Crippen molar-refractivity contribution < 1.29 is 14.4 Å². The van der Waals surface area contributed by atoms with Gasteiger partial charge in [-0.3, -0.25) is 19.3 Å². The molecule has 200 valence electrons. The number of rotatable bonds is 4. The van der Waals surface area contributed by atoms with Gasteiger partial charge >= 0.3 is 0 Å². The fourth-order valence-electron chi connectivity index (χ4n) is 7.22. The summed E-state index contributed by atoms with van der Waals surface area (Å²) in [6.45, 7) is 3.67. The Morgan fingerprint density at radius 3 is 1.68 bits per heavy atom. The second-order valence-corrected chi connectivity index (χ2v) is 12.4. The predicted molar refractivity (Wildman–Crippen MR) is 156 cm³/mol. The molecule has 8 rings (SSSR count). The zero-order chi connectivity index (χ0) is 28.0. The number of alkyl halides is 2. The Kier molecular flexibility index (Phi) is 5.48. The van der Waals surface area contributed by atoms with Crippen LogP contribution in [-0.2, 0) is 24.1 Å². The van der Waals surface area contributed by atoms with E-state index in [4.69, 9.17) is 23.2 Å². The summed E-state index contributed by atoms with van der Waals surface area (Å²) in [6, 6.07) is 27.4. The number of likely N-dealkylation sites (tertiary alicyclic amines) is 1. The molecule has 1 N–H and O–H groups in total. The molecular weight excluding hydrogens is 543 g/mol. The standard InChI is InChI=1S/C33H26Cl2N2O3/c1-18(2)28(29(38)36-25-17-9-11-19-10-3-4-12-20(19)25)37-30(39)26-27(31(37)40)33(35)22-14-6-5-13-21(22)32(26,34)23-15-7-8-16-24(23)33/h3-18,26-28H,1-2H3,(H,36,38)/t26-,27-,28-,32?,33?/m0/s1. The average molecular weight is 569 g/mol. The number of halogens is 2. The molecule has 4 aliphatic rings. The fraction of sp³-hybridized carbons (Fsp3) is 0.242. The minimum absolute atomic E-state index is 0.358. The second kappa shape index (κ2) is 8.66. The van der Waals surface area contributed by atoms with Crippen molar-refractivity contribution in [1.29, 1.82) is 0 Å². The molecule has 40 heavy (non-hydrogen) atoms. The zero-order valence-corrected chi connectivity index (χ0v) is 23.4. The predicted octanol–water partition coefficient (Wildman–Crippen LogP) is 6.40. The van der Waals surface area contributed by atoms with Gasteiger partial charge in [0.1, 0.15) is 15.8 Å². The van der Waals surface area contributed by atoms with E-state index in [1.165, 1.54) is 0 Å². The number of nitrogens with zero attached hydrogens (tertiary/aromatic N) is 1. The van der Waals surface area contributed by atoms with Gasteiger partial charge in [0.2, 0.25) is 17.7 Å². The lowest BCUT2D eigenvalue weighted by Crippen LogP contribution is -2.57. The lowest BCUT2D eigenvalue weighted by atomic mass is 9.54. The maximum absolute atomic E-state index is 14.4. The monoisotopic (exact) mass is 568 g/mol. The highest BCUT2D eigenvalue weighted by atomic mass is 35.5. The number of carbonyl (C=O) groups excluding carboxylic acids is 3. The summed E-state index contributed by atoms with van der Waals surface area (Å²) in [5, 5.41) is 4.85. The van der Waals surface area contributed by atoms with E-state index in [1.807, 2.05) is 105 Å². The number of fused-ring (bicyclic) bond motifs is 1. The Balaban J connectivity index is 1.35. The molecule has 4 aromatic rings. The van der Waals surface area contributed by atoms with Gasteiger partial charge < -0.3 is 5.32 Å². The van der Waals surface area contributed by atoms with Crippen LogP contribution in [0.25, 0.3) is 10.8 Å². The Morgan fingerprint density at radius 2 is 1.18 bits per heavy atom. The molecule has 7 heteroatoms. The number of anilines is 1. The molecule has 0 saturated carbocycles. The second-order valence-electron chi connectivity index (χ2n) is 11.2. The summed E-state index contributed by atoms with van der Waals surface area (Å²) in [7, 11) is 0. The molecule has 3 amide bonds. The Hall–Kier alpha value is -3.67. The first-order valence-electron chi connectivity index (χ1n) is 13.4. The number of hydrogen-bond acceptors (Lipinski definition) is 3. The van der Waals surface area contributed by atoms with Crippen molar-refractivity contribution in [2.45, 2.75) is 29.6 Å². The smallest absolute Gasteiger partial charge is 0.247 e. The number of hydrogen-bond donors (Lipinski definition) is 1. The van der Waals surface area contributed by atoms with Gasteiger partial charge in [0.05, 0.1) is 11.8 Å². The van der Waals surface area contributed by atoms with Crippen molar-refractivity contribution in [3.63, 3.8) is 0 Å². The molecule has 3 aliphatic carbocycles. The summed E-state index contributed by atoms with van der Waals surface area (Å²) in [5.41, 5.74) is 3.55. The highest BCUT2D eigenvalue weighted by molar-refractivity contribution is 6.36. The summed E-state index contributed by atoms with van der Waals surface area (Å²) >= 11 is 15.1. The minimum atomic E-state index is -1.29. The van der Waals surface area contributed by atoms with Gasteiger partial charge in [-0.05, 0) is 39.6 Å². The van der Waals surface area contributed by atoms with Crippen molar-refractivity contribution >= 4 is 57.4 Å². The van der Waals surface area contributed by atoms with Crippen LogP contribution in [0.5, 0.6) is 0 Å². The van der Waals surface area contributed by atoms with Gasteiger partial charge in [-0.2, -0.15) is 0 Å². The van der Waals surface area contributed by atoms with Crippen LogP contribution < -0.4 is 5.32 Å². The maximum Gasteiger partial charge on any atom is 0.247 e. The third kappa shape index (κ3) is 3.08. The maximum atomic E-state index is 14.4. The van der Waals surface area contributed by atoms with Gasteiger partial charge in [-0.1, -0.05) is 98.8 Å². The van der Waals surface area contributed by atoms with E-state index in [0.717, 1.165) is 37.9 Å². The van der Waals surface area contributed by atoms with E-state index in [1.54, 1.807) is 0 Å². The number of nitrogens with one attached hydrogen (secondary N) is 1. The zero-order valence-electron chi connectivity index (χ0n) is 21.9. The van der Waals surface area contributed by atoms with Crippen molar-refractivity contribution in [3.8, 4) is 0 Å². The first-order chi connectivity index (χ1) is 19.2. The number of amides is 3. The molecule has 2 bridgehead atoms. The van der Waals surface area contributed by atoms with Crippen LogP contribution in [0.2, 0.25) is 0 Å².